The van der Waals surface area contributed by atoms with Crippen molar-refractivity contribution in [1.82, 2.24) is 5.32 Å². The van der Waals surface area contributed by atoms with Crippen molar-refractivity contribution in [3.8, 4) is 0 Å². The van der Waals surface area contributed by atoms with Crippen LogP contribution in [0.4, 0.5) is 0 Å². The molecule has 2 N–H and O–H groups in total. The molecular formula is C13H17NO2S2. The molecule has 2 heterocycles. The molecule has 98 valence electrons. The Kier molecular flexibility index (Phi) is 3.38. The molecule has 1 aromatic heterocycles. The Labute approximate surface area is 115 Å². The van der Waals surface area contributed by atoms with Crippen LogP contribution >= 0.6 is 23.1 Å². The fourth-order valence-corrected chi connectivity index (χ4v) is 4.64. The van der Waals surface area contributed by atoms with E-state index in [0.29, 0.717) is 6.54 Å². The predicted molar refractivity (Wildman–Crippen MR) is 75.3 cm³/mol. The molecule has 0 atom stereocenters. The number of carbonyl (C=O) groups excluding carboxylic acids is 1. The van der Waals surface area contributed by atoms with Gasteiger partial charge in [0.1, 0.15) is 0 Å². The van der Waals surface area contributed by atoms with Crippen LogP contribution in [0.3, 0.4) is 0 Å². The number of thioether (sulfide) groups is 1. The average Bonchev–Trinajstić information content (AvgIpc) is 2.77. The van der Waals surface area contributed by atoms with Gasteiger partial charge in [0.05, 0.1) is 10.5 Å². The third kappa shape index (κ3) is 2.44. The Morgan fingerprint density at radius 3 is 3.00 bits per heavy atom. The van der Waals surface area contributed by atoms with Gasteiger partial charge in [-0.2, -0.15) is 11.8 Å². The molecule has 3 rings (SSSR count). The van der Waals surface area contributed by atoms with Crippen LogP contribution in [-0.2, 0) is 12.2 Å². The molecule has 3 nitrogen and oxygen atoms in total. The van der Waals surface area contributed by atoms with E-state index in [0.717, 1.165) is 42.1 Å². The van der Waals surface area contributed by atoms with E-state index in [1.807, 2.05) is 17.8 Å². The third-order valence-electron chi connectivity index (χ3n) is 3.71. The summed E-state index contributed by atoms with van der Waals surface area (Å²) >= 11 is 3.54. The van der Waals surface area contributed by atoms with E-state index in [2.05, 4.69) is 5.32 Å². The summed E-state index contributed by atoms with van der Waals surface area (Å²) in [5.41, 5.74) is 0.686. The molecule has 0 bridgehead atoms. The van der Waals surface area contributed by atoms with Gasteiger partial charge in [-0.1, -0.05) is 0 Å². The van der Waals surface area contributed by atoms with Crippen molar-refractivity contribution < 1.29 is 9.90 Å². The molecule has 1 amide bonds. The molecule has 1 aromatic rings. The van der Waals surface area contributed by atoms with Gasteiger partial charge < -0.3 is 10.4 Å². The van der Waals surface area contributed by atoms with Crippen molar-refractivity contribution in [2.24, 2.45) is 0 Å². The highest BCUT2D eigenvalue weighted by Gasteiger charge is 2.34. The van der Waals surface area contributed by atoms with Gasteiger partial charge in [0.2, 0.25) is 0 Å². The van der Waals surface area contributed by atoms with Crippen LogP contribution in [0.5, 0.6) is 0 Å². The molecule has 5 heteroatoms. The number of aryl methyl sites for hydroxylation is 1. The second-order valence-electron chi connectivity index (χ2n) is 5.12. The maximum absolute atomic E-state index is 12.0. The topological polar surface area (TPSA) is 49.3 Å². The fourth-order valence-electron chi connectivity index (χ4n) is 2.35. The quantitative estimate of drug-likeness (QED) is 0.894. The maximum Gasteiger partial charge on any atom is 0.261 e. The van der Waals surface area contributed by atoms with Crippen LogP contribution in [0, 0.1) is 0 Å². The van der Waals surface area contributed by atoms with Crippen LogP contribution in [0.25, 0.3) is 0 Å². The number of hydrogen-bond acceptors (Lipinski definition) is 4. The average molecular weight is 283 g/mol. The number of rotatable bonds is 3. The van der Waals surface area contributed by atoms with Gasteiger partial charge in [0.15, 0.2) is 0 Å². The highest BCUT2D eigenvalue weighted by molar-refractivity contribution is 7.98. The summed E-state index contributed by atoms with van der Waals surface area (Å²) in [4.78, 5) is 14.2. The largest absolute Gasteiger partial charge is 0.388 e. The third-order valence-corrected chi connectivity index (χ3v) is 5.96. The summed E-state index contributed by atoms with van der Waals surface area (Å²) in [6.07, 6.45) is 3.77. The molecule has 1 fully saturated rings. The van der Waals surface area contributed by atoms with Crippen LogP contribution in [0.15, 0.2) is 6.07 Å². The van der Waals surface area contributed by atoms with E-state index in [-0.39, 0.29) is 5.91 Å². The van der Waals surface area contributed by atoms with E-state index in [1.54, 1.807) is 11.3 Å². The molecule has 1 saturated carbocycles. The van der Waals surface area contributed by atoms with Gasteiger partial charge >= 0.3 is 0 Å². The lowest BCUT2D eigenvalue weighted by molar-refractivity contribution is -0.0300. The minimum Gasteiger partial charge on any atom is -0.388 e. The Bertz CT molecular complexity index is 442. The molecule has 1 aliphatic carbocycles. The first-order valence-corrected chi connectivity index (χ1v) is 8.33. The standard InChI is InChI=1S/C13H17NO2S2/c15-12(14-8-13(16)3-1-4-13)11-6-9-7-17-5-2-10(9)18-11/h6,16H,1-5,7-8H2,(H,14,15). The molecule has 2 aliphatic rings. The van der Waals surface area contributed by atoms with Crippen molar-refractivity contribution in [3.05, 3.63) is 21.4 Å². The normalized spacial score (nSPS) is 20.9. The molecule has 0 aromatic carbocycles. The number of nitrogens with one attached hydrogen (secondary N) is 1. The highest BCUT2D eigenvalue weighted by Crippen LogP contribution is 2.33. The first-order valence-electron chi connectivity index (χ1n) is 6.36. The first-order chi connectivity index (χ1) is 8.66. The Morgan fingerprint density at radius 2 is 2.33 bits per heavy atom. The summed E-state index contributed by atoms with van der Waals surface area (Å²) < 4.78 is 0. The maximum atomic E-state index is 12.0. The lowest BCUT2D eigenvalue weighted by Gasteiger charge is -2.36. The Hall–Kier alpha value is -0.520. The molecule has 18 heavy (non-hydrogen) atoms. The molecule has 0 unspecified atom stereocenters. The van der Waals surface area contributed by atoms with Gasteiger partial charge in [-0.25, -0.2) is 0 Å². The minimum absolute atomic E-state index is 0.0280. The molecule has 0 saturated heterocycles. The van der Waals surface area contributed by atoms with Gasteiger partial charge in [0.25, 0.3) is 5.91 Å². The minimum atomic E-state index is -0.637. The van der Waals surface area contributed by atoms with Crippen molar-refractivity contribution in [3.63, 3.8) is 0 Å². The zero-order valence-corrected chi connectivity index (χ0v) is 11.8. The summed E-state index contributed by atoms with van der Waals surface area (Å²) in [7, 11) is 0. The molecule has 0 radical (unpaired) electrons. The SMILES string of the molecule is O=C(NCC1(O)CCC1)c1cc2c(s1)CCSC2. The lowest BCUT2D eigenvalue weighted by Crippen LogP contribution is -2.47. The number of hydrogen-bond donors (Lipinski definition) is 2. The zero-order valence-electron chi connectivity index (χ0n) is 10.2. The van der Waals surface area contributed by atoms with E-state index < -0.39 is 5.60 Å². The highest BCUT2D eigenvalue weighted by atomic mass is 32.2. The van der Waals surface area contributed by atoms with Crippen LogP contribution in [0.1, 0.15) is 39.4 Å². The van der Waals surface area contributed by atoms with Crippen LogP contribution in [-0.4, -0.2) is 28.9 Å². The van der Waals surface area contributed by atoms with Crippen molar-refractivity contribution in [2.75, 3.05) is 12.3 Å². The van der Waals surface area contributed by atoms with E-state index in [1.165, 1.54) is 10.4 Å². The van der Waals surface area contributed by atoms with Crippen molar-refractivity contribution in [2.45, 2.75) is 37.0 Å². The van der Waals surface area contributed by atoms with Crippen molar-refractivity contribution >= 4 is 29.0 Å². The monoisotopic (exact) mass is 283 g/mol. The Balaban J connectivity index is 1.63. The number of aliphatic hydroxyl groups is 1. The summed E-state index contributed by atoms with van der Waals surface area (Å²) in [5.74, 6) is 2.16. The van der Waals surface area contributed by atoms with Gasteiger partial charge in [-0.3, -0.25) is 4.79 Å². The van der Waals surface area contributed by atoms with Crippen LogP contribution < -0.4 is 5.32 Å². The Morgan fingerprint density at radius 1 is 1.50 bits per heavy atom. The van der Waals surface area contributed by atoms with E-state index in [9.17, 15) is 9.90 Å². The van der Waals surface area contributed by atoms with Gasteiger partial charge in [0, 0.05) is 17.2 Å². The number of amides is 1. The van der Waals surface area contributed by atoms with Crippen LogP contribution in [0.2, 0.25) is 0 Å². The van der Waals surface area contributed by atoms with Gasteiger partial charge in [-0.15, -0.1) is 11.3 Å². The van der Waals surface area contributed by atoms with Gasteiger partial charge in [-0.05, 0) is 43.1 Å². The zero-order chi connectivity index (χ0) is 12.6. The fraction of sp³-hybridized carbons (Fsp3) is 0.615. The molecular weight excluding hydrogens is 266 g/mol. The summed E-state index contributed by atoms with van der Waals surface area (Å²) in [5, 5.41) is 12.8. The molecule has 1 aliphatic heterocycles. The predicted octanol–water partition coefficient (Wildman–Crippen LogP) is 2.18. The summed E-state index contributed by atoms with van der Waals surface area (Å²) in [6, 6.07) is 2.02. The lowest BCUT2D eigenvalue weighted by atomic mass is 9.80. The number of fused-ring (bicyclic) bond motifs is 1. The second kappa shape index (κ2) is 4.87. The second-order valence-corrected chi connectivity index (χ2v) is 7.36. The first kappa shape index (κ1) is 12.5. The smallest absolute Gasteiger partial charge is 0.261 e. The van der Waals surface area contributed by atoms with E-state index in [4.69, 9.17) is 0 Å². The van der Waals surface area contributed by atoms with E-state index >= 15 is 0 Å². The number of carbonyl (C=O) groups is 1. The number of thiophene rings is 1. The summed E-state index contributed by atoms with van der Waals surface area (Å²) in [6.45, 7) is 0.392. The molecule has 0 spiro atoms. The van der Waals surface area contributed by atoms with Crippen molar-refractivity contribution in [1.29, 1.82) is 0 Å².